The Balaban J connectivity index is 2.00. The summed E-state index contributed by atoms with van der Waals surface area (Å²) in [6.07, 6.45) is 4.42. The molecule has 108 valence electrons. The Morgan fingerprint density at radius 2 is 2.14 bits per heavy atom. The van der Waals surface area contributed by atoms with Crippen molar-refractivity contribution in [3.05, 3.63) is 41.6 Å². The molecule has 1 N–H and O–H groups in total. The molecule has 0 aliphatic carbocycles. The van der Waals surface area contributed by atoms with E-state index in [0.29, 0.717) is 6.54 Å². The van der Waals surface area contributed by atoms with Crippen molar-refractivity contribution in [1.29, 1.82) is 0 Å². The molecule has 3 heterocycles. The van der Waals surface area contributed by atoms with Gasteiger partial charge in [0.15, 0.2) is 5.82 Å². The molecule has 0 radical (unpaired) electrons. The van der Waals surface area contributed by atoms with Gasteiger partial charge in [-0.15, -0.1) is 0 Å². The molecule has 0 saturated heterocycles. The Morgan fingerprint density at radius 1 is 1.29 bits per heavy atom. The lowest BCUT2D eigenvalue weighted by molar-refractivity contribution is 0.781. The van der Waals surface area contributed by atoms with E-state index < -0.39 is 0 Å². The van der Waals surface area contributed by atoms with Crippen LogP contribution in [0.25, 0.3) is 11.0 Å². The van der Waals surface area contributed by atoms with E-state index in [1.54, 1.807) is 6.20 Å². The van der Waals surface area contributed by atoms with E-state index in [1.165, 1.54) is 0 Å². The fourth-order valence-electron chi connectivity index (χ4n) is 2.35. The Labute approximate surface area is 123 Å². The van der Waals surface area contributed by atoms with Crippen LogP contribution in [-0.2, 0) is 20.0 Å². The van der Waals surface area contributed by atoms with Gasteiger partial charge < -0.3 is 5.32 Å². The lowest BCUT2D eigenvalue weighted by Gasteiger charge is -2.09. The van der Waals surface area contributed by atoms with E-state index in [1.807, 2.05) is 37.0 Å². The number of hydrogen-bond acceptors (Lipinski definition) is 5. The summed E-state index contributed by atoms with van der Waals surface area (Å²) in [6.45, 7) is 4.70. The Hall–Kier alpha value is -2.50. The molecule has 0 aliphatic rings. The predicted molar refractivity (Wildman–Crippen MR) is 82.0 cm³/mol. The number of fused-ring (bicyclic) bond motifs is 1. The molecule has 0 atom stereocenters. The fraction of sp³-hybridized carbons (Fsp3) is 0.333. The molecule has 3 aromatic heterocycles. The third kappa shape index (κ3) is 2.56. The molecule has 0 bridgehead atoms. The molecule has 0 amide bonds. The Kier molecular flexibility index (Phi) is 3.51. The first-order valence-corrected chi connectivity index (χ1v) is 7.02. The van der Waals surface area contributed by atoms with Gasteiger partial charge in [0, 0.05) is 32.4 Å². The summed E-state index contributed by atoms with van der Waals surface area (Å²) in [5, 5.41) is 7.82. The van der Waals surface area contributed by atoms with Crippen molar-refractivity contribution in [2.75, 3.05) is 5.32 Å². The van der Waals surface area contributed by atoms with Gasteiger partial charge in [-0.1, -0.05) is 13.0 Å². The first-order chi connectivity index (χ1) is 10.2. The first kappa shape index (κ1) is 13.5. The van der Waals surface area contributed by atoms with E-state index in [9.17, 15) is 0 Å². The highest BCUT2D eigenvalue weighted by Crippen LogP contribution is 2.23. The molecule has 3 aromatic rings. The van der Waals surface area contributed by atoms with Crippen LogP contribution in [0.5, 0.6) is 0 Å². The quantitative estimate of drug-likeness (QED) is 0.794. The van der Waals surface area contributed by atoms with E-state index in [0.717, 1.165) is 40.4 Å². The maximum atomic E-state index is 4.61. The highest BCUT2D eigenvalue weighted by molar-refractivity contribution is 5.87. The topological polar surface area (TPSA) is 68.5 Å². The van der Waals surface area contributed by atoms with Crippen molar-refractivity contribution in [1.82, 2.24) is 24.7 Å². The van der Waals surface area contributed by atoms with E-state index in [4.69, 9.17) is 0 Å². The highest BCUT2D eigenvalue weighted by Gasteiger charge is 2.14. The number of hydrogen-bond donors (Lipinski definition) is 1. The van der Waals surface area contributed by atoms with Gasteiger partial charge in [0.25, 0.3) is 0 Å². The average Bonchev–Trinajstić information content (AvgIpc) is 2.80. The van der Waals surface area contributed by atoms with Gasteiger partial charge in [-0.05, 0) is 18.6 Å². The molecule has 0 spiro atoms. The summed E-state index contributed by atoms with van der Waals surface area (Å²) in [5.41, 5.74) is 3.89. The van der Waals surface area contributed by atoms with Crippen LogP contribution >= 0.6 is 0 Å². The molecule has 0 aliphatic heterocycles. The van der Waals surface area contributed by atoms with Gasteiger partial charge in [0.1, 0.15) is 16.9 Å². The smallest absolute Gasteiger partial charge is 0.156 e. The van der Waals surface area contributed by atoms with Gasteiger partial charge in [-0.25, -0.2) is 9.97 Å². The van der Waals surface area contributed by atoms with Crippen LogP contribution in [0.4, 0.5) is 5.82 Å². The summed E-state index contributed by atoms with van der Waals surface area (Å²) >= 11 is 0. The third-order valence-electron chi connectivity index (χ3n) is 3.40. The van der Waals surface area contributed by atoms with Gasteiger partial charge >= 0.3 is 0 Å². The molecule has 0 saturated carbocycles. The number of aryl methyl sites for hydroxylation is 3. The maximum Gasteiger partial charge on any atom is 0.156 e. The standard InChI is InChI=1S/C15H18N6/c1-4-12-18-13-10(2)20-21(3)14(13)15(19-12)17-9-11-6-5-7-16-8-11/h5-8H,4,9H2,1-3H3,(H,17,18,19). The normalized spacial score (nSPS) is 11.0. The van der Waals surface area contributed by atoms with Gasteiger partial charge in [-0.2, -0.15) is 5.10 Å². The number of rotatable bonds is 4. The number of pyridine rings is 1. The van der Waals surface area contributed by atoms with Gasteiger partial charge in [0.05, 0.1) is 5.69 Å². The first-order valence-electron chi connectivity index (χ1n) is 7.02. The molecular formula is C15H18N6. The number of aromatic nitrogens is 5. The second kappa shape index (κ2) is 5.47. The predicted octanol–water partition coefficient (Wildman–Crippen LogP) is 2.24. The van der Waals surface area contributed by atoms with Crippen molar-refractivity contribution < 1.29 is 0 Å². The number of anilines is 1. The van der Waals surface area contributed by atoms with Gasteiger partial charge in [-0.3, -0.25) is 9.67 Å². The maximum absolute atomic E-state index is 4.61. The molecule has 21 heavy (non-hydrogen) atoms. The minimum absolute atomic E-state index is 0.674. The van der Waals surface area contributed by atoms with Crippen LogP contribution in [0.2, 0.25) is 0 Å². The van der Waals surface area contributed by atoms with Crippen LogP contribution in [0.3, 0.4) is 0 Å². The molecule has 6 nitrogen and oxygen atoms in total. The van der Waals surface area contributed by atoms with Gasteiger partial charge in [0.2, 0.25) is 0 Å². The summed E-state index contributed by atoms with van der Waals surface area (Å²) < 4.78 is 1.83. The summed E-state index contributed by atoms with van der Waals surface area (Å²) in [4.78, 5) is 13.3. The third-order valence-corrected chi connectivity index (χ3v) is 3.40. The van der Waals surface area contributed by atoms with Crippen molar-refractivity contribution in [2.24, 2.45) is 7.05 Å². The fourth-order valence-corrected chi connectivity index (χ4v) is 2.35. The molecule has 0 unspecified atom stereocenters. The van der Waals surface area contributed by atoms with E-state index >= 15 is 0 Å². The SMILES string of the molecule is CCc1nc(NCc2cccnc2)c2c(n1)c(C)nn2C. The summed E-state index contributed by atoms with van der Waals surface area (Å²) in [6, 6.07) is 3.96. The zero-order chi connectivity index (χ0) is 14.8. The second-order valence-corrected chi connectivity index (χ2v) is 4.96. The zero-order valence-electron chi connectivity index (χ0n) is 12.5. The average molecular weight is 282 g/mol. The lowest BCUT2D eigenvalue weighted by Crippen LogP contribution is -2.07. The minimum Gasteiger partial charge on any atom is -0.364 e. The monoisotopic (exact) mass is 282 g/mol. The number of nitrogens with zero attached hydrogens (tertiary/aromatic N) is 5. The van der Waals surface area contributed by atoms with Crippen molar-refractivity contribution >= 4 is 16.9 Å². The van der Waals surface area contributed by atoms with E-state index in [2.05, 4.69) is 32.3 Å². The Bertz CT molecular complexity index is 763. The summed E-state index contributed by atoms with van der Waals surface area (Å²) in [5.74, 6) is 1.65. The van der Waals surface area contributed by atoms with Crippen LogP contribution in [0.1, 0.15) is 24.0 Å². The second-order valence-electron chi connectivity index (χ2n) is 4.96. The summed E-state index contributed by atoms with van der Waals surface area (Å²) in [7, 11) is 1.92. The van der Waals surface area contributed by atoms with Crippen molar-refractivity contribution in [3.63, 3.8) is 0 Å². The molecular weight excluding hydrogens is 264 g/mol. The van der Waals surface area contributed by atoms with Crippen LogP contribution in [-0.4, -0.2) is 24.7 Å². The zero-order valence-corrected chi connectivity index (χ0v) is 12.5. The largest absolute Gasteiger partial charge is 0.364 e. The highest BCUT2D eigenvalue weighted by atomic mass is 15.3. The van der Waals surface area contributed by atoms with Crippen molar-refractivity contribution in [3.8, 4) is 0 Å². The molecule has 6 heteroatoms. The number of nitrogens with one attached hydrogen (secondary N) is 1. The van der Waals surface area contributed by atoms with Crippen molar-refractivity contribution in [2.45, 2.75) is 26.8 Å². The van der Waals surface area contributed by atoms with E-state index in [-0.39, 0.29) is 0 Å². The Morgan fingerprint density at radius 3 is 2.86 bits per heavy atom. The molecule has 0 fully saturated rings. The van der Waals surface area contributed by atoms with Crippen LogP contribution in [0.15, 0.2) is 24.5 Å². The van der Waals surface area contributed by atoms with Crippen LogP contribution in [0, 0.1) is 6.92 Å². The minimum atomic E-state index is 0.674. The van der Waals surface area contributed by atoms with Crippen LogP contribution < -0.4 is 5.32 Å². The lowest BCUT2D eigenvalue weighted by atomic mass is 10.3. The molecule has 3 rings (SSSR count). The molecule has 0 aromatic carbocycles.